The summed E-state index contributed by atoms with van der Waals surface area (Å²) in [5, 5.41) is 6.35. The van der Waals surface area contributed by atoms with E-state index < -0.39 is 0 Å². The van der Waals surface area contributed by atoms with E-state index in [1.807, 2.05) is 18.2 Å². The van der Waals surface area contributed by atoms with Crippen LogP contribution >= 0.6 is 0 Å². The number of amides is 2. The van der Waals surface area contributed by atoms with Crippen molar-refractivity contribution in [3.63, 3.8) is 0 Å². The first kappa shape index (κ1) is 14.1. The van der Waals surface area contributed by atoms with E-state index in [1.54, 1.807) is 0 Å². The third-order valence-corrected chi connectivity index (χ3v) is 5.49. The van der Waals surface area contributed by atoms with E-state index in [-0.39, 0.29) is 24.2 Å². The monoisotopic (exact) mass is 300 g/mol. The molecule has 4 rings (SSSR count). The molecular weight excluding hydrogens is 276 g/mol. The highest BCUT2D eigenvalue weighted by Gasteiger charge is 2.41. The summed E-state index contributed by atoms with van der Waals surface area (Å²) in [5.41, 5.74) is 1.21. The average Bonchev–Trinajstić information content (AvgIpc) is 3.08. The van der Waals surface area contributed by atoms with Crippen LogP contribution in [0.15, 0.2) is 30.3 Å². The van der Waals surface area contributed by atoms with Crippen molar-refractivity contribution in [3.8, 4) is 0 Å². The molecule has 3 aliphatic rings. The van der Waals surface area contributed by atoms with E-state index in [1.165, 1.54) is 24.8 Å². The minimum absolute atomic E-state index is 0.0399. The molecule has 2 heterocycles. The summed E-state index contributed by atoms with van der Waals surface area (Å²) in [6.45, 7) is 0. The number of benzene rings is 1. The number of hydrogen-bond donors (Lipinski definition) is 2. The Morgan fingerprint density at radius 2 is 1.95 bits per heavy atom. The molecule has 4 atom stereocenters. The van der Waals surface area contributed by atoms with Crippen LogP contribution in [0.1, 0.15) is 50.1 Å². The van der Waals surface area contributed by atoms with Crippen molar-refractivity contribution >= 4 is 6.03 Å². The molecule has 0 unspecified atom stereocenters. The van der Waals surface area contributed by atoms with E-state index in [0.29, 0.717) is 12.0 Å². The smallest absolute Gasteiger partial charge is 0.315 e. The third kappa shape index (κ3) is 2.72. The van der Waals surface area contributed by atoms with Crippen molar-refractivity contribution in [3.05, 3.63) is 35.9 Å². The predicted octanol–water partition coefficient (Wildman–Crippen LogP) is 3.15. The number of ether oxygens (including phenoxy) is 1. The molecule has 2 saturated heterocycles. The molecule has 2 amide bonds. The Balaban J connectivity index is 1.39. The zero-order chi connectivity index (χ0) is 14.9. The standard InChI is InChI=1S/C18H24N2O2/c21-18(19-15-11-14-9-10-16(15)22-14)20-17(13-7-4-8-13)12-5-2-1-3-6-12/h1-3,5-6,13-17H,4,7-11H2,(H2,19,20,21)/t14-,15+,16-,17+/m1/s1. The van der Waals surface area contributed by atoms with Gasteiger partial charge in [-0.25, -0.2) is 4.79 Å². The molecular formula is C18H24N2O2. The Morgan fingerprint density at radius 3 is 2.55 bits per heavy atom. The van der Waals surface area contributed by atoms with E-state index >= 15 is 0 Å². The van der Waals surface area contributed by atoms with Crippen molar-refractivity contribution in [2.75, 3.05) is 0 Å². The predicted molar refractivity (Wildman–Crippen MR) is 84.5 cm³/mol. The molecule has 4 nitrogen and oxygen atoms in total. The maximum absolute atomic E-state index is 12.4. The van der Waals surface area contributed by atoms with Crippen molar-refractivity contribution in [2.24, 2.45) is 5.92 Å². The first-order valence-electron chi connectivity index (χ1n) is 8.57. The quantitative estimate of drug-likeness (QED) is 0.897. The summed E-state index contributed by atoms with van der Waals surface area (Å²) >= 11 is 0. The number of fused-ring (bicyclic) bond motifs is 2. The second-order valence-electron chi connectivity index (χ2n) is 6.91. The molecule has 0 radical (unpaired) electrons. The number of hydrogen-bond acceptors (Lipinski definition) is 2. The van der Waals surface area contributed by atoms with Crippen LogP contribution in [0.5, 0.6) is 0 Å². The highest BCUT2D eigenvalue weighted by Crippen LogP contribution is 2.38. The lowest BCUT2D eigenvalue weighted by Gasteiger charge is -2.35. The number of carbonyl (C=O) groups is 1. The summed E-state index contributed by atoms with van der Waals surface area (Å²) in [6.07, 6.45) is 7.49. The van der Waals surface area contributed by atoms with Gasteiger partial charge in [0.15, 0.2) is 0 Å². The van der Waals surface area contributed by atoms with Crippen LogP contribution < -0.4 is 10.6 Å². The number of urea groups is 1. The fraction of sp³-hybridized carbons (Fsp3) is 0.611. The van der Waals surface area contributed by atoms with E-state index in [0.717, 1.165) is 19.3 Å². The molecule has 1 aromatic rings. The molecule has 2 aliphatic heterocycles. The average molecular weight is 300 g/mol. The number of rotatable bonds is 4. The highest BCUT2D eigenvalue weighted by atomic mass is 16.5. The largest absolute Gasteiger partial charge is 0.373 e. The van der Waals surface area contributed by atoms with Crippen LogP contribution in [0.4, 0.5) is 4.79 Å². The van der Waals surface area contributed by atoms with Gasteiger partial charge in [-0.2, -0.15) is 0 Å². The SMILES string of the molecule is O=C(N[C@H]1C[C@H]2CC[C@H]1O2)N[C@@H](c1ccccc1)C1CCC1. The van der Waals surface area contributed by atoms with Gasteiger partial charge in [-0.3, -0.25) is 0 Å². The minimum Gasteiger partial charge on any atom is -0.373 e. The van der Waals surface area contributed by atoms with Gasteiger partial charge in [0.05, 0.1) is 24.3 Å². The maximum atomic E-state index is 12.4. The first-order valence-corrected chi connectivity index (χ1v) is 8.57. The lowest BCUT2D eigenvalue weighted by Crippen LogP contribution is -2.48. The van der Waals surface area contributed by atoms with Crippen LogP contribution in [0.2, 0.25) is 0 Å². The van der Waals surface area contributed by atoms with Gasteiger partial charge >= 0.3 is 6.03 Å². The normalized spacial score (nSPS) is 31.5. The Bertz CT molecular complexity index is 529. The summed E-state index contributed by atoms with van der Waals surface area (Å²) in [7, 11) is 0. The van der Waals surface area contributed by atoms with Gasteiger partial charge in [0.25, 0.3) is 0 Å². The van der Waals surface area contributed by atoms with Crippen molar-refractivity contribution in [1.82, 2.24) is 10.6 Å². The van der Waals surface area contributed by atoms with Gasteiger partial charge in [0, 0.05) is 0 Å². The van der Waals surface area contributed by atoms with Crippen LogP contribution in [0, 0.1) is 5.92 Å². The van der Waals surface area contributed by atoms with Crippen LogP contribution in [0.25, 0.3) is 0 Å². The Hall–Kier alpha value is -1.55. The van der Waals surface area contributed by atoms with Crippen molar-refractivity contribution in [2.45, 2.75) is 62.8 Å². The molecule has 22 heavy (non-hydrogen) atoms. The van der Waals surface area contributed by atoms with E-state index in [4.69, 9.17) is 4.74 Å². The molecule has 1 saturated carbocycles. The lowest BCUT2D eigenvalue weighted by molar-refractivity contribution is 0.0978. The molecule has 1 aliphatic carbocycles. The van der Waals surface area contributed by atoms with Crippen LogP contribution in [-0.2, 0) is 4.74 Å². The van der Waals surface area contributed by atoms with Crippen molar-refractivity contribution in [1.29, 1.82) is 0 Å². The van der Waals surface area contributed by atoms with Gasteiger partial charge < -0.3 is 15.4 Å². The zero-order valence-corrected chi connectivity index (χ0v) is 12.8. The van der Waals surface area contributed by atoms with E-state index in [2.05, 4.69) is 22.8 Å². The van der Waals surface area contributed by atoms with Gasteiger partial charge in [0.2, 0.25) is 0 Å². The Labute approximate surface area is 131 Å². The molecule has 1 aromatic carbocycles. The summed E-state index contributed by atoms with van der Waals surface area (Å²) in [4.78, 5) is 12.4. The third-order valence-electron chi connectivity index (χ3n) is 5.49. The number of nitrogens with one attached hydrogen (secondary N) is 2. The zero-order valence-electron chi connectivity index (χ0n) is 12.8. The van der Waals surface area contributed by atoms with Gasteiger partial charge in [-0.05, 0) is 43.6 Å². The van der Waals surface area contributed by atoms with Crippen molar-refractivity contribution < 1.29 is 9.53 Å². The molecule has 2 N–H and O–H groups in total. The molecule has 3 fully saturated rings. The van der Waals surface area contributed by atoms with Gasteiger partial charge in [-0.1, -0.05) is 36.8 Å². The fourth-order valence-electron chi connectivity index (χ4n) is 4.05. The minimum atomic E-state index is -0.0399. The molecule has 118 valence electrons. The molecule has 2 bridgehead atoms. The second kappa shape index (κ2) is 5.92. The number of carbonyl (C=O) groups excluding carboxylic acids is 1. The first-order chi connectivity index (χ1) is 10.8. The van der Waals surface area contributed by atoms with Gasteiger partial charge in [0.1, 0.15) is 0 Å². The van der Waals surface area contributed by atoms with E-state index in [9.17, 15) is 4.79 Å². The van der Waals surface area contributed by atoms with Gasteiger partial charge in [-0.15, -0.1) is 0 Å². The fourth-order valence-corrected chi connectivity index (χ4v) is 4.05. The maximum Gasteiger partial charge on any atom is 0.315 e. The lowest BCUT2D eigenvalue weighted by atomic mass is 9.77. The van der Waals surface area contributed by atoms with Crippen LogP contribution in [-0.4, -0.2) is 24.3 Å². The molecule has 4 heteroatoms. The summed E-state index contributed by atoms with van der Waals surface area (Å²) in [5.74, 6) is 0.574. The Kier molecular flexibility index (Phi) is 3.78. The topological polar surface area (TPSA) is 50.4 Å². The molecule has 0 aromatic heterocycles. The highest BCUT2D eigenvalue weighted by molar-refractivity contribution is 5.75. The van der Waals surface area contributed by atoms with Crippen LogP contribution in [0.3, 0.4) is 0 Å². The summed E-state index contributed by atoms with van der Waals surface area (Å²) in [6, 6.07) is 10.6. The Morgan fingerprint density at radius 1 is 1.14 bits per heavy atom. The second-order valence-corrected chi connectivity index (χ2v) is 6.91. The summed E-state index contributed by atoms with van der Waals surface area (Å²) < 4.78 is 5.81. The molecule has 0 spiro atoms.